The molecule has 2 amide bonds. The van der Waals surface area contributed by atoms with Crippen molar-refractivity contribution in [1.29, 1.82) is 0 Å². The molecule has 1 fully saturated rings. The predicted octanol–water partition coefficient (Wildman–Crippen LogP) is 2.86. The number of urea groups is 1. The summed E-state index contributed by atoms with van der Waals surface area (Å²) in [6, 6.07) is 5.82. The second-order valence-corrected chi connectivity index (χ2v) is 5.35. The fraction of sp³-hybridized carbons (Fsp3) is 0.500. The first kappa shape index (κ1) is 14.2. The molecule has 5 heteroatoms. The van der Waals surface area contributed by atoms with Crippen molar-refractivity contribution in [2.24, 2.45) is 0 Å². The highest BCUT2D eigenvalue weighted by Crippen LogP contribution is 2.22. The van der Waals surface area contributed by atoms with Crippen LogP contribution in [0, 0.1) is 6.92 Å². The number of nitrogens with one attached hydrogen (secondary N) is 2. The summed E-state index contributed by atoms with van der Waals surface area (Å²) in [4.78, 5) is 14.1. The van der Waals surface area contributed by atoms with E-state index in [4.69, 9.17) is 11.6 Å². The molecule has 0 radical (unpaired) electrons. The highest BCUT2D eigenvalue weighted by atomic mass is 35.5. The van der Waals surface area contributed by atoms with Crippen LogP contribution in [0.5, 0.6) is 0 Å². The number of carbonyl (C=O) groups is 1. The van der Waals surface area contributed by atoms with Crippen LogP contribution < -0.4 is 10.6 Å². The molecule has 1 unspecified atom stereocenters. The predicted molar refractivity (Wildman–Crippen MR) is 78.9 cm³/mol. The van der Waals surface area contributed by atoms with Gasteiger partial charge in [-0.1, -0.05) is 17.7 Å². The SMILES string of the molecule is CNCC1CCCN1C(=O)Nc1ccc(C)c(Cl)c1. The Bertz CT molecular complexity index is 464. The van der Waals surface area contributed by atoms with Gasteiger partial charge >= 0.3 is 6.03 Å². The normalized spacial score (nSPS) is 18.7. The van der Waals surface area contributed by atoms with Crippen LogP contribution >= 0.6 is 11.6 Å². The minimum absolute atomic E-state index is 0.0438. The van der Waals surface area contributed by atoms with Crippen molar-refractivity contribution in [2.75, 3.05) is 25.5 Å². The Hall–Kier alpha value is -1.26. The number of hydrogen-bond acceptors (Lipinski definition) is 2. The Balaban J connectivity index is 2.02. The van der Waals surface area contributed by atoms with Crippen LogP contribution in [0.15, 0.2) is 18.2 Å². The van der Waals surface area contributed by atoms with E-state index in [1.807, 2.05) is 31.0 Å². The second-order valence-electron chi connectivity index (χ2n) is 4.94. The first-order valence-electron chi connectivity index (χ1n) is 6.60. The van der Waals surface area contributed by atoms with Crippen LogP contribution in [0.3, 0.4) is 0 Å². The Morgan fingerprint density at radius 1 is 1.53 bits per heavy atom. The van der Waals surface area contributed by atoms with Crippen molar-refractivity contribution in [2.45, 2.75) is 25.8 Å². The molecule has 1 atom stereocenters. The van der Waals surface area contributed by atoms with Crippen molar-refractivity contribution in [3.05, 3.63) is 28.8 Å². The molecule has 0 saturated carbocycles. The highest BCUT2D eigenvalue weighted by Gasteiger charge is 2.28. The van der Waals surface area contributed by atoms with Gasteiger partial charge < -0.3 is 15.5 Å². The zero-order valence-electron chi connectivity index (χ0n) is 11.4. The van der Waals surface area contributed by atoms with E-state index in [9.17, 15) is 4.79 Å². The first-order chi connectivity index (χ1) is 9.11. The summed E-state index contributed by atoms with van der Waals surface area (Å²) in [5.41, 5.74) is 1.75. The van der Waals surface area contributed by atoms with Gasteiger partial charge in [0.25, 0.3) is 0 Å². The number of aryl methyl sites for hydroxylation is 1. The van der Waals surface area contributed by atoms with E-state index in [0.29, 0.717) is 5.02 Å². The van der Waals surface area contributed by atoms with Crippen LogP contribution in [0.25, 0.3) is 0 Å². The molecule has 1 aliphatic rings. The molecule has 0 aliphatic carbocycles. The molecule has 1 saturated heterocycles. The van der Waals surface area contributed by atoms with Crippen molar-refractivity contribution in [3.8, 4) is 0 Å². The van der Waals surface area contributed by atoms with Gasteiger partial charge in [-0.05, 0) is 44.5 Å². The maximum Gasteiger partial charge on any atom is 0.322 e. The van der Waals surface area contributed by atoms with E-state index >= 15 is 0 Å². The van der Waals surface area contributed by atoms with Crippen LogP contribution in [0.1, 0.15) is 18.4 Å². The van der Waals surface area contributed by atoms with Gasteiger partial charge in [0.05, 0.1) is 0 Å². The maximum atomic E-state index is 12.2. The Kier molecular flexibility index (Phi) is 4.66. The van der Waals surface area contributed by atoms with E-state index in [-0.39, 0.29) is 12.1 Å². The molecule has 104 valence electrons. The minimum Gasteiger partial charge on any atom is -0.320 e. The molecule has 1 heterocycles. The number of likely N-dealkylation sites (tertiary alicyclic amines) is 1. The Morgan fingerprint density at radius 2 is 2.32 bits per heavy atom. The number of anilines is 1. The third kappa shape index (κ3) is 3.39. The number of rotatable bonds is 3. The summed E-state index contributed by atoms with van der Waals surface area (Å²) >= 11 is 6.06. The van der Waals surface area contributed by atoms with Crippen LogP contribution in [0.4, 0.5) is 10.5 Å². The standard InChI is InChI=1S/C14H20ClN3O/c1-10-5-6-11(8-13(10)15)17-14(19)18-7-3-4-12(18)9-16-2/h5-6,8,12,16H,3-4,7,9H2,1-2H3,(H,17,19). The monoisotopic (exact) mass is 281 g/mol. The largest absolute Gasteiger partial charge is 0.322 e. The van der Waals surface area contributed by atoms with Gasteiger partial charge in [-0.2, -0.15) is 0 Å². The average Bonchev–Trinajstić information content (AvgIpc) is 2.83. The number of carbonyl (C=O) groups excluding carboxylic acids is 1. The summed E-state index contributed by atoms with van der Waals surface area (Å²) in [6.45, 7) is 3.59. The molecule has 1 aromatic rings. The topological polar surface area (TPSA) is 44.4 Å². The quantitative estimate of drug-likeness (QED) is 0.895. The molecule has 0 spiro atoms. The number of hydrogen-bond donors (Lipinski definition) is 2. The van der Waals surface area contributed by atoms with Crippen molar-refractivity contribution < 1.29 is 4.79 Å². The number of likely N-dealkylation sites (N-methyl/N-ethyl adjacent to an activating group) is 1. The van der Waals surface area contributed by atoms with Crippen molar-refractivity contribution >= 4 is 23.3 Å². The summed E-state index contributed by atoms with van der Waals surface area (Å²) in [6.07, 6.45) is 2.12. The third-order valence-electron chi connectivity index (χ3n) is 3.50. The minimum atomic E-state index is -0.0438. The Morgan fingerprint density at radius 3 is 3.00 bits per heavy atom. The smallest absolute Gasteiger partial charge is 0.320 e. The third-order valence-corrected chi connectivity index (χ3v) is 3.91. The van der Waals surface area contributed by atoms with Gasteiger partial charge in [0, 0.05) is 29.8 Å². The number of nitrogens with zero attached hydrogens (tertiary/aromatic N) is 1. The van der Waals surface area contributed by atoms with Gasteiger partial charge in [0.1, 0.15) is 0 Å². The van der Waals surface area contributed by atoms with E-state index < -0.39 is 0 Å². The van der Waals surface area contributed by atoms with Crippen LogP contribution in [-0.4, -0.2) is 37.1 Å². The molecule has 1 aromatic carbocycles. The lowest BCUT2D eigenvalue weighted by atomic mass is 10.2. The van der Waals surface area contributed by atoms with Crippen LogP contribution in [0.2, 0.25) is 5.02 Å². The van der Waals surface area contributed by atoms with Gasteiger partial charge in [0.2, 0.25) is 0 Å². The number of benzene rings is 1. The average molecular weight is 282 g/mol. The fourth-order valence-electron chi connectivity index (χ4n) is 2.42. The molecular formula is C14H20ClN3O. The van der Waals surface area contributed by atoms with Gasteiger partial charge in [-0.25, -0.2) is 4.79 Å². The maximum absolute atomic E-state index is 12.2. The van der Waals surface area contributed by atoms with E-state index in [2.05, 4.69) is 10.6 Å². The first-order valence-corrected chi connectivity index (χ1v) is 6.98. The van der Waals surface area contributed by atoms with Gasteiger partial charge in [-0.3, -0.25) is 0 Å². The van der Waals surface area contributed by atoms with E-state index in [1.54, 1.807) is 6.07 Å². The number of amides is 2. The lowest BCUT2D eigenvalue weighted by Gasteiger charge is -2.24. The lowest BCUT2D eigenvalue weighted by molar-refractivity contribution is 0.206. The van der Waals surface area contributed by atoms with Gasteiger partial charge in [-0.15, -0.1) is 0 Å². The summed E-state index contributed by atoms with van der Waals surface area (Å²) in [7, 11) is 1.91. The zero-order chi connectivity index (χ0) is 13.8. The Labute approximate surface area is 119 Å². The van der Waals surface area contributed by atoms with Crippen molar-refractivity contribution in [3.63, 3.8) is 0 Å². The van der Waals surface area contributed by atoms with E-state index in [0.717, 1.165) is 37.2 Å². The molecule has 19 heavy (non-hydrogen) atoms. The molecule has 0 aromatic heterocycles. The molecule has 1 aliphatic heterocycles. The molecule has 2 N–H and O–H groups in total. The van der Waals surface area contributed by atoms with Crippen LogP contribution in [-0.2, 0) is 0 Å². The zero-order valence-corrected chi connectivity index (χ0v) is 12.1. The summed E-state index contributed by atoms with van der Waals surface area (Å²) in [5, 5.41) is 6.72. The molecule has 2 rings (SSSR count). The lowest BCUT2D eigenvalue weighted by Crippen LogP contribution is -2.43. The summed E-state index contributed by atoms with van der Waals surface area (Å²) < 4.78 is 0. The summed E-state index contributed by atoms with van der Waals surface area (Å²) in [5.74, 6) is 0. The second kappa shape index (κ2) is 6.26. The molecule has 4 nitrogen and oxygen atoms in total. The molecular weight excluding hydrogens is 262 g/mol. The fourth-order valence-corrected chi connectivity index (χ4v) is 2.60. The number of halogens is 1. The van der Waals surface area contributed by atoms with Gasteiger partial charge in [0.15, 0.2) is 0 Å². The van der Waals surface area contributed by atoms with Crippen molar-refractivity contribution in [1.82, 2.24) is 10.2 Å². The van der Waals surface area contributed by atoms with E-state index in [1.165, 1.54) is 0 Å². The molecule has 0 bridgehead atoms. The highest BCUT2D eigenvalue weighted by molar-refractivity contribution is 6.31.